The third-order valence-corrected chi connectivity index (χ3v) is 3.58. The highest BCUT2D eigenvalue weighted by molar-refractivity contribution is 6.31. The Hall–Kier alpha value is -2.86. The molecule has 7 heteroatoms. The van der Waals surface area contributed by atoms with E-state index >= 15 is 0 Å². The van der Waals surface area contributed by atoms with Crippen molar-refractivity contribution >= 4 is 35.2 Å². The van der Waals surface area contributed by atoms with Crippen molar-refractivity contribution < 1.29 is 23.5 Å². The number of ether oxygens (including phenoxy) is 2. The second kappa shape index (κ2) is 9.01. The monoisotopic (exact) mass is 377 g/mol. The molecule has 0 saturated heterocycles. The van der Waals surface area contributed by atoms with Gasteiger partial charge in [-0.1, -0.05) is 23.7 Å². The molecule has 0 aliphatic heterocycles. The Bertz CT molecular complexity index is 838. The molecular weight excluding hydrogens is 361 g/mol. The molecule has 0 fully saturated rings. The zero-order valence-electron chi connectivity index (χ0n) is 14.2. The predicted molar refractivity (Wildman–Crippen MR) is 97.6 cm³/mol. The van der Waals surface area contributed by atoms with E-state index in [1.807, 2.05) is 0 Å². The van der Waals surface area contributed by atoms with Crippen LogP contribution in [0.15, 0.2) is 48.5 Å². The fraction of sp³-hybridized carbons (Fsp3) is 0.158. The van der Waals surface area contributed by atoms with Gasteiger partial charge in [-0.05, 0) is 48.9 Å². The highest BCUT2D eigenvalue weighted by Crippen LogP contribution is 2.27. The van der Waals surface area contributed by atoms with Gasteiger partial charge in [0.25, 0.3) is 5.91 Å². The standard InChI is InChI=1S/C19H17ClFNO4/c1-12(19(24)22-16-11-14(20)7-8-17(16)25-2)26-18(23)9-6-13-4-3-5-15(21)10-13/h3-12H,1-2H3,(H,22,24)/b9-6+/t12-/m0/s1. The van der Waals surface area contributed by atoms with Gasteiger partial charge in [-0.25, -0.2) is 9.18 Å². The van der Waals surface area contributed by atoms with Crippen molar-refractivity contribution in [1.29, 1.82) is 0 Å². The van der Waals surface area contributed by atoms with Gasteiger partial charge in [0.2, 0.25) is 0 Å². The number of amides is 1. The molecule has 0 radical (unpaired) electrons. The average Bonchev–Trinajstić information content (AvgIpc) is 2.60. The van der Waals surface area contributed by atoms with E-state index in [4.69, 9.17) is 21.1 Å². The first-order chi connectivity index (χ1) is 12.4. The number of nitrogens with one attached hydrogen (secondary N) is 1. The highest BCUT2D eigenvalue weighted by Gasteiger charge is 2.18. The van der Waals surface area contributed by atoms with Crippen LogP contribution in [0.2, 0.25) is 5.02 Å². The molecular formula is C19H17ClFNO4. The minimum absolute atomic E-state index is 0.364. The number of carbonyl (C=O) groups is 2. The molecule has 1 atom stereocenters. The molecule has 0 aromatic heterocycles. The van der Waals surface area contributed by atoms with Gasteiger partial charge in [0, 0.05) is 11.1 Å². The Labute approximate surface area is 155 Å². The average molecular weight is 378 g/mol. The molecule has 0 aliphatic carbocycles. The Morgan fingerprint density at radius 2 is 2.00 bits per heavy atom. The van der Waals surface area contributed by atoms with E-state index in [1.54, 1.807) is 18.2 Å². The molecule has 0 aliphatic rings. The molecule has 5 nitrogen and oxygen atoms in total. The number of esters is 1. The van der Waals surface area contributed by atoms with E-state index in [0.29, 0.717) is 22.0 Å². The molecule has 2 aromatic carbocycles. The van der Waals surface area contributed by atoms with E-state index in [2.05, 4.69) is 5.32 Å². The normalized spacial score (nSPS) is 11.8. The number of anilines is 1. The molecule has 1 amide bonds. The van der Waals surface area contributed by atoms with E-state index in [-0.39, 0.29) is 0 Å². The third-order valence-electron chi connectivity index (χ3n) is 3.34. The van der Waals surface area contributed by atoms with Crippen molar-refractivity contribution in [1.82, 2.24) is 0 Å². The lowest BCUT2D eigenvalue weighted by molar-refractivity contribution is -0.148. The summed E-state index contributed by atoms with van der Waals surface area (Å²) in [7, 11) is 1.46. The van der Waals surface area contributed by atoms with E-state index in [1.165, 1.54) is 44.4 Å². The molecule has 1 N–H and O–H groups in total. The minimum atomic E-state index is -1.05. The molecule has 0 bridgehead atoms. The van der Waals surface area contributed by atoms with Crippen molar-refractivity contribution in [3.05, 3.63) is 64.9 Å². The summed E-state index contributed by atoms with van der Waals surface area (Å²) in [6, 6.07) is 10.5. The summed E-state index contributed by atoms with van der Waals surface area (Å²) in [5.74, 6) is -1.26. The van der Waals surface area contributed by atoms with E-state index in [0.717, 1.165) is 6.08 Å². The molecule has 0 heterocycles. The van der Waals surface area contributed by atoms with Gasteiger partial charge in [0.05, 0.1) is 12.8 Å². The maximum Gasteiger partial charge on any atom is 0.331 e. The SMILES string of the molecule is COc1ccc(Cl)cc1NC(=O)[C@H](C)OC(=O)/C=C/c1cccc(F)c1. The Balaban J connectivity index is 1.96. The zero-order chi connectivity index (χ0) is 19.1. The fourth-order valence-electron chi connectivity index (χ4n) is 2.05. The van der Waals surface area contributed by atoms with Crippen molar-refractivity contribution in [2.75, 3.05) is 12.4 Å². The van der Waals surface area contributed by atoms with Crippen LogP contribution in [-0.2, 0) is 14.3 Å². The van der Waals surface area contributed by atoms with Crippen LogP contribution in [0.1, 0.15) is 12.5 Å². The van der Waals surface area contributed by atoms with Gasteiger partial charge in [0.15, 0.2) is 6.10 Å². The maximum atomic E-state index is 13.1. The summed E-state index contributed by atoms with van der Waals surface area (Å²) in [4.78, 5) is 24.0. The van der Waals surface area contributed by atoms with Crippen LogP contribution < -0.4 is 10.1 Å². The summed E-state index contributed by atoms with van der Waals surface area (Å²) in [5.41, 5.74) is 0.867. The zero-order valence-corrected chi connectivity index (χ0v) is 14.9. The number of hydrogen-bond acceptors (Lipinski definition) is 4. The van der Waals surface area contributed by atoms with Crippen LogP contribution in [0.4, 0.5) is 10.1 Å². The van der Waals surface area contributed by atoms with Crippen LogP contribution >= 0.6 is 11.6 Å². The number of benzene rings is 2. The van der Waals surface area contributed by atoms with Gasteiger partial charge in [-0.15, -0.1) is 0 Å². The minimum Gasteiger partial charge on any atom is -0.495 e. The fourth-order valence-corrected chi connectivity index (χ4v) is 2.23. The summed E-state index contributed by atoms with van der Waals surface area (Å²) >= 11 is 5.90. The van der Waals surface area contributed by atoms with Crippen molar-refractivity contribution in [3.8, 4) is 5.75 Å². The topological polar surface area (TPSA) is 64.6 Å². The molecule has 26 heavy (non-hydrogen) atoms. The van der Waals surface area contributed by atoms with Crippen LogP contribution in [0.25, 0.3) is 6.08 Å². The smallest absolute Gasteiger partial charge is 0.331 e. The summed E-state index contributed by atoms with van der Waals surface area (Å²) in [6.45, 7) is 1.43. The second-order valence-electron chi connectivity index (χ2n) is 5.30. The third kappa shape index (κ3) is 5.60. The van der Waals surface area contributed by atoms with Gasteiger partial charge in [0.1, 0.15) is 11.6 Å². The summed E-state index contributed by atoms with van der Waals surface area (Å²) < 4.78 is 23.3. The number of methoxy groups -OCH3 is 1. The predicted octanol–water partition coefficient (Wildman–Crippen LogP) is 4.07. The van der Waals surface area contributed by atoms with E-state index in [9.17, 15) is 14.0 Å². The van der Waals surface area contributed by atoms with Crippen molar-refractivity contribution in [3.63, 3.8) is 0 Å². The van der Waals surface area contributed by atoms with Crippen LogP contribution in [-0.4, -0.2) is 25.1 Å². The van der Waals surface area contributed by atoms with E-state index < -0.39 is 23.8 Å². The lowest BCUT2D eigenvalue weighted by Crippen LogP contribution is -2.29. The highest BCUT2D eigenvalue weighted by atomic mass is 35.5. The second-order valence-corrected chi connectivity index (χ2v) is 5.74. The Morgan fingerprint density at radius 1 is 1.23 bits per heavy atom. The first-order valence-electron chi connectivity index (χ1n) is 7.67. The Kier molecular flexibility index (Phi) is 6.74. The largest absolute Gasteiger partial charge is 0.495 e. The summed E-state index contributed by atoms with van der Waals surface area (Å²) in [5, 5.41) is 3.01. The van der Waals surface area contributed by atoms with Gasteiger partial charge < -0.3 is 14.8 Å². The first kappa shape index (κ1) is 19.5. The number of rotatable bonds is 6. The number of halogens is 2. The molecule has 2 rings (SSSR count). The number of carbonyl (C=O) groups excluding carboxylic acids is 2. The molecule has 0 unspecified atom stereocenters. The van der Waals surface area contributed by atoms with Crippen molar-refractivity contribution in [2.45, 2.75) is 13.0 Å². The molecule has 0 spiro atoms. The first-order valence-corrected chi connectivity index (χ1v) is 8.05. The maximum absolute atomic E-state index is 13.1. The Morgan fingerprint density at radius 3 is 2.69 bits per heavy atom. The lowest BCUT2D eigenvalue weighted by atomic mass is 10.2. The van der Waals surface area contributed by atoms with Crippen LogP contribution in [0.5, 0.6) is 5.75 Å². The summed E-state index contributed by atoms with van der Waals surface area (Å²) in [6.07, 6.45) is 1.47. The van der Waals surface area contributed by atoms with Crippen LogP contribution in [0, 0.1) is 5.82 Å². The van der Waals surface area contributed by atoms with Crippen molar-refractivity contribution in [2.24, 2.45) is 0 Å². The van der Waals surface area contributed by atoms with Gasteiger partial charge >= 0.3 is 5.97 Å². The lowest BCUT2D eigenvalue weighted by Gasteiger charge is -2.14. The molecule has 0 saturated carbocycles. The quantitative estimate of drug-likeness (QED) is 0.608. The number of hydrogen-bond donors (Lipinski definition) is 1. The van der Waals surface area contributed by atoms with Crippen LogP contribution in [0.3, 0.4) is 0 Å². The molecule has 2 aromatic rings. The van der Waals surface area contributed by atoms with Gasteiger partial charge in [-0.2, -0.15) is 0 Å². The molecule has 136 valence electrons. The van der Waals surface area contributed by atoms with Gasteiger partial charge in [-0.3, -0.25) is 4.79 Å².